The quantitative estimate of drug-likeness (QED) is 0.429. The normalized spacial score (nSPS) is 22.9. The molecule has 0 radical (unpaired) electrons. The molecule has 2 rings (SSSR count). The Balaban J connectivity index is 2.14. The number of imide groups is 1. The van der Waals surface area contributed by atoms with Gasteiger partial charge in [-0.15, -0.1) is 11.8 Å². The summed E-state index contributed by atoms with van der Waals surface area (Å²) in [6.07, 6.45) is 0. The first-order chi connectivity index (χ1) is 10.1. The Kier molecular flexibility index (Phi) is 5.18. The zero-order valence-electron chi connectivity index (χ0n) is 11.6. The van der Waals surface area contributed by atoms with Crippen molar-refractivity contribution in [1.29, 1.82) is 0 Å². The van der Waals surface area contributed by atoms with Gasteiger partial charge in [-0.05, 0) is 0 Å². The Bertz CT molecular complexity index is 463. The van der Waals surface area contributed by atoms with Crippen molar-refractivity contribution in [3.05, 3.63) is 0 Å². The zero-order chi connectivity index (χ0) is 15.4. The molecule has 2 aliphatic rings. The highest BCUT2D eigenvalue weighted by Gasteiger charge is 2.42. The Hall–Kier alpha value is -1.61. The summed E-state index contributed by atoms with van der Waals surface area (Å²) in [4.78, 5) is 50.2. The predicted octanol–water partition coefficient (Wildman–Crippen LogP) is -1.51. The third kappa shape index (κ3) is 3.35. The summed E-state index contributed by atoms with van der Waals surface area (Å²) < 4.78 is 9.71. The van der Waals surface area contributed by atoms with E-state index in [1.165, 1.54) is 23.8 Å². The van der Waals surface area contributed by atoms with Gasteiger partial charge >= 0.3 is 17.8 Å². The SMILES string of the molecule is COC(=O)C1CSCC(=O)N1C(=O)C(=O)N1CCOCC1. The van der Waals surface area contributed by atoms with E-state index in [0.29, 0.717) is 26.3 Å². The van der Waals surface area contributed by atoms with Gasteiger partial charge in [-0.25, -0.2) is 4.79 Å². The van der Waals surface area contributed by atoms with Crippen molar-refractivity contribution >= 4 is 35.5 Å². The maximum absolute atomic E-state index is 12.3. The maximum Gasteiger partial charge on any atom is 0.329 e. The van der Waals surface area contributed by atoms with Gasteiger partial charge in [0.2, 0.25) is 5.91 Å². The third-order valence-corrected chi connectivity index (χ3v) is 4.26. The van der Waals surface area contributed by atoms with Crippen LogP contribution in [0.3, 0.4) is 0 Å². The zero-order valence-corrected chi connectivity index (χ0v) is 12.4. The van der Waals surface area contributed by atoms with Gasteiger partial charge in [0.1, 0.15) is 6.04 Å². The number of amides is 3. The molecule has 0 spiro atoms. The molecular formula is C12H16N2O6S. The Morgan fingerprint density at radius 1 is 1.24 bits per heavy atom. The van der Waals surface area contributed by atoms with Crippen LogP contribution in [-0.2, 0) is 28.7 Å². The van der Waals surface area contributed by atoms with Gasteiger partial charge in [-0.1, -0.05) is 0 Å². The van der Waals surface area contributed by atoms with Gasteiger partial charge < -0.3 is 14.4 Å². The van der Waals surface area contributed by atoms with E-state index in [2.05, 4.69) is 4.74 Å². The van der Waals surface area contributed by atoms with Gasteiger partial charge in [-0.3, -0.25) is 19.3 Å². The molecule has 3 amide bonds. The van der Waals surface area contributed by atoms with E-state index < -0.39 is 29.7 Å². The van der Waals surface area contributed by atoms with E-state index in [1.807, 2.05) is 0 Å². The van der Waals surface area contributed by atoms with E-state index >= 15 is 0 Å². The number of hydrogen-bond acceptors (Lipinski definition) is 7. The molecule has 2 saturated heterocycles. The molecule has 8 nitrogen and oxygen atoms in total. The monoisotopic (exact) mass is 316 g/mol. The summed E-state index contributed by atoms with van der Waals surface area (Å²) in [6.45, 7) is 1.29. The number of esters is 1. The van der Waals surface area contributed by atoms with Gasteiger partial charge in [-0.2, -0.15) is 0 Å². The van der Waals surface area contributed by atoms with Crippen LogP contribution in [-0.4, -0.2) is 84.5 Å². The van der Waals surface area contributed by atoms with Crippen LogP contribution in [0, 0.1) is 0 Å². The highest BCUT2D eigenvalue weighted by molar-refractivity contribution is 8.00. The number of thioether (sulfide) groups is 1. The number of hydrogen-bond donors (Lipinski definition) is 0. The van der Waals surface area contributed by atoms with Gasteiger partial charge in [0, 0.05) is 18.8 Å². The van der Waals surface area contributed by atoms with Gasteiger partial charge in [0.25, 0.3) is 0 Å². The first-order valence-electron chi connectivity index (χ1n) is 6.45. The number of carbonyl (C=O) groups excluding carboxylic acids is 4. The maximum atomic E-state index is 12.3. The molecule has 0 aromatic heterocycles. The van der Waals surface area contributed by atoms with Crippen molar-refractivity contribution in [2.45, 2.75) is 6.04 Å². The molecular weight excluding hydrogens is 300 g/mol. The number of rotatable bonds is 1. The third-order valence-electron chi connectivity index (χ3n) is 3.25. The molecule has 1 atom stereocenters. The van der Waals surface area contributed by atoms with Crippen molar-refractivity contribution < 1.29 is 28.7 Å². The average Bonchev–Trinajstić information content (AvgIpc) is 2.53. The Morgan fingerprint density at radius 3 is 2.52 bits per heavy atom. The number of methoxy groups -OCH3 is 1. The molecule has 21 heavy (non-hydrogen) atoms. The second-order valence-corrected chi connectivity index (χ2v) is 5.56. The minimum Gasteiger partial charge on any atom is -0.467 e. The van der Waals surface area contributed by atoms with Crippen LogP contribution in [0.2, 0.25) is 0 Å². The molecule has 0 aliphatic carbocycles. The molecule has 9 heteroatoms. The highest BCUT2D eigenvalue weighted by Crippen LogP contribution is 2.19. The average molecular weight is 316 g/mol. The fraction of sp³-hybridized carbons (Fsp3) is 0.667. The number of nitrogens with zero attached hydrogens (tertiary/aromatic N) is 2. The van der Waals surface area contributed by atoms with Gasteiger partial charge in [0.05, 0.1) is 26.1 Å². The Morgan fingerprint density at radius 2 is 1.90 bits per heavy atom. The van der Waals surface area contributed by atoms with Crippen LogP contribution < -0.4 is 0 Å². The van der Waals surface area contributed by atoms with E-state index in [0.717, 1.165) is 4.90 Å². The smallest absolute Gasteiger partial charge is 0.329 e. The lowest BCUT2D eigenvalue weighted by Crippen LogP contribution is -2.58. The standard InChI is InChI=1S/C12H16N2O6S/c1-19-12(18)8-6-21-7-9(15)14(8)11(17)10(16)13-2-4-20-5-3-13/h8H,2-7H2,1H3. The van der Waals surface area contributed by atoms with Crippen molar-refractivity contribution in [3.8, 4) is 0 Å². The fourth-order valence-electron chi connectivity index (χ4n) is 2.14. The van der Waals surface area contributed by atoms with Crippen LogP contribution in [0.15, 0.2) is 0 Å². The minimum atomic E-state index is -1.04. The predicted molar refractivity (Wildman–Crippen MR) is 72.4 cm³/mol. The van der Waals surface area contributed by atoms with Gasteiger partial charge in [0.15, 0.2) is 0 Å². The molecule has 2 fully saturated rings. The molecule has 0 saturated carbocycles. The molecule has 1 unspecified atom stereocenters. The molecule has 116 valence electrons. The van der Waals surface area contributed by atoms with Crippen LogP contribution in [0.25, 0.3) is 0 Å². The second-order valence-electron chi connectivity index (χ2n) is 4.53. The van der Waals surface area contributed by atoms with E-state index in [-0.39, 0.29) is 11.5 Å². The summed E-state index contributed by atoms with van der Waals surface area (Å²) in [5.74, 6) is -2.70. The molecule has 2 aliphatic heterocycles. The largest absolute Gasteiger partial charge is 0.467 e. The van der Waals surface area contributed by atoms with E-state index in [9.17, 15) is 19.2 Å². The van der Waals surface area contributed by atoms with Crippen LogP contribution in [0.5, 0.6) is 0 Å². The molecule has 0 aromatic rings. The number of ether oxygens (including phenoxy) is 2. The lowest BCUT2D eigenvalue weighted by Gasteiger charge is -2.33. The van der Waals surface area contributed by atoms with Crippen LogP contribution in [0.1, 0.15) is 0 Å². The van der Waals surface area contributed by atoms with Crippen molar-refractivity contribution in [2.75, 3.05) is 44.9 Å². The summed E-state index contributed by atoms with van der Waals surface area (Å²) in [5.41, 5.74) is 0. The minimum absolute atomic E-state index is 0.0651. The number of carbonyl (C=O) groups is 4. The van der Waals surface area contributed by atoms with Crippen LogP contribution in [0.4, 0.5) is 0 Å². The van der Waals surface area contributed by atoms with E-state index in [1.54, 1.807) is 0 Å². The molecule has 0 N–H and O–H groups in total. The summed E-state index contributed by atoms with van der Waals surface area (Å²) in [6, 6.07) is -1.04. The summed E-state index contributed by atoms with van der Waals surface area (Å²) >= 11 is 1.23. The summed E-state index contributed by atoms with van der Waals surface area (Å²) in [7, 11) is 1.18. The molecule has 0 bridgehead atoms. The lowest BCUT2D eigenvalue weighted by atomic mass is 10.2. The first-order valence-corrected chi connectivity index (χ1v) is 7.60. The molecule has 2 heterocycles. The topological polar surface area (TPSA) is 93.2 Å². The first kappa shape index (κ1) is 15.8. The lowest BCUT2D eigenvalue weighted by molar-refractivity contribution is -0.164. The summed E-state index contributed by atoms with van der Waals surface area (Å²) in [5, 5.41) is 0. The van der Waals surface area contributed by atoms with E-state index in [4.69, 9.17) is 4.74 Å². The van der Waals surface area contributed by atoms with Crippen molar-refractivity contribution in [1.82, 2.24) is 9.80 Å². The Labute approximate surface area is 125 Å². The fourth-order valence-corrected chi connectivity index (χ4v) is 3.08. The number of morpholine rings is 1. The second kappa shape index (κ2) is 6.90. The van der Waals surface area contributed by atoms with Crippen molar-refractivity contribution in [3.63, 3.8) is 0 Å². The highest BCUT2D eigenvalue weighted by atomic mass is 32.2. The van der Waals surface area contributed by atoms with Crippen LogP contribution >= 0.6 is 11.8 Å². The molecule has 0 aromatic carbocycles. The van der Waals surface area contributed by atoms with Crippen molar-refractivity contribution in [2.24, 2.45) is 0 Å².